The van der Waals surface area contributed by atoms with E-state index in [0.29, 0.717) is 6.54 Å². The van der Waals surface area contributed by atoms with E-state index in [1.165, 1.54) is 0 Å². The number of thioether (sulfide) groups is 1. The summed E-state index contributed by atoms with van der Waals surface area (Å²) in [6, 6.07) is 9.56. The van der Waals surface area contributed by atoms with Gasteiger partial charge < -0.3 is 10.6 Å². The Morgan fingerprint density at radius 1 is 1.41 bits per heavy atom. The first-order chi connectivity index (χ1) is 8.15. The van der Waals surface area contributed by atoms with Crippen LogP contribution in [0.4, 0.5) is 0 Å². The summed E-state index contributed by atoms with van der Waals surface area (Å²) in [5, 5.41) is 0. The lowest BCUT2D eigenvalue weighted by atomic mass is 10.2. The molecule has 17 heavy (non-hydrogen) atoms. The van der Waals surface area contributed by atoms with Crippen LogP contribution in [0.1, 0.15) is 12.0 Å². The number of likely N-dealkylation sites (N-methyl/N-ethyl adjacent to an activating group) is 1. The Kier molecular flexibility index (Phi) is 6.08. The van der Waals surface area contributed by atoms with Crippen molar-refractivity contribution in [2.75, 3.05) is 19.1 Å². The Bertz CT molecular complexity index is 343. The Balaban J connectivity index is 2.47. The van der Waals surface area contributed by atoms with Crippen molar-refractivity contribution in [2.45, 2.75) is 19.0 Å². The quantitative estimate of drug-likeness (QED) is 0.838. The Labute approximate surface area is 107 Å². The molecular formula is C13H20N2OS. The third-order valence-electron chi connectivity index (χ3n) is 2.59. The van der Waals surface area contributed by atoms with Crippen molar-refractivity contribution in [1.82, 2.24) is 4.90 Å². The zero-order chi connectivity index (χ0) is 12.7. The molecule has 0 spiro atoms. The second-order valence-corrected chi connectivity index (χ2v) is 5.05. The number of nitrogens with two attached hydrogens (primary N) is 1. The summed E-state index contributed by atoms with van der Waals surface area (Å²) in [4.78, 5) is 13.6. The third-order valence-corrected chi connectivity index (χ3v) is 3.23. The van der Waals surface area contributed by atoms with Gasteiger partial charge in [-0.3, -0.25) is 4.79 Å². The van der Waals surface area contributed by atoms with Crippen molar-refractivity contribution < 1.29 is 4.79 Å². The van der Waals surface area contributed by atoms with Crippen LogP contribution in [0.25, 0.3) is 0 Å². The number of hydrogen-bond donors (Lipinski definition) is 1. The maximum atomic E-state index is 11.9. The first kappa shape index (κ1) is 14.1. The smallest absolute Gasteiger partial charge is 0.239 e. The predicted molar refractivity (Wildman–Crippen MR) is 73.9 cm³/mol. The lowest BCUT2D eigenvalue weighted by Crippen LogP contribution is -2.41. The van der Waals surface area contributed by atoms with Crippen molar-refractivity contribution in [1.29, 1.82) is 0 Å². The summed E-state index contributed by atoms with van der Waals surface area (Å²) >= 11 is 1.71. The van der Waals surface area contributed by atoms with Gasteiger partial charge in [0.15, 0.2) is 0 Å². The van der Waals surface area contributed by atoms with Gasteiger partial charge >= 0.3 is 0 Å². The van der Waals surface area contributed by atoms with Gasteiger partial charge in [0.25, 0.3) is 0 Å². The Morgan fingerprint density at radius 3 is 2.65 bits per heavy atom. The molecule has 0 bridgehead atoms. The molecule has 0 radical (unpaired) electrons. The fourth-order valence-electron chi connectivity index (χ4n) is 1.59. The molecule has 1 rings (SSSR count). The van der Waals surface area contributed by atoms with Crippen molar-refractivity contribution in [3.8, 4) is 0 Å². The number of rotatable bonds is 6. The highest BCUT2D eigenvalue weighted by molar-refractivity contribution is 7.98. The molecule has 1 amide bonds. The van der Waals surface area contributed by atoms with E-state index in [1.54, 1.807) is 23.7 Å². The largest absolute Gasteiger partial charge is 0.340 e. The van der Waals surface area contributed by atoms with E-state index < -0.39 is 0 Å². The summed E-state index contributed by atoms with van der Waals surface area (Å²) in [5.41, 5.74) is 6.98. The summed E-state index contributed by atoms with van der Waals surface area (Å²) in [6.07, 6.45) is 2.75. The van der Waals surface area contributed by atoms with Crippen molar-refractivity contribution >= 4 is 17.7 Å². The number of benzene rings is 1. The highest BCUT2D eigenvalue weighted by atomic mass is 32.2. The average molecular weight is 252 g/mol. The molecule has 1 aromatic carbocycles. The minimum absolute atomic E-state index is 0.0166. The highest BCUT2D eigenvalue weighted by Crippen LogP contribution is 2.06. The van der Waals surface area contributed by atoms with Gasteiger partial charge in [-0.05, 0) is 24.0 Å². The van der Waals surface area contributed by atoms with E-state index >= 15 is 0 Å². The summed E-state index contributed by atoms with van der Waals surface area (Å²) < 4.78 is 0. The summed E-state index contributed by atoms with van der Waals surface area (Å²) in [7, 11) is 1.80. The predicted octanol–water partition coefficient (Wildman–Crippen LogP) is 1.73. The molecule has 0 fully saturated rings. The first-order valence-corrected chi connectivity index (χ1v) is 7.08. The Morgan fingerprint density at radius 2 is 2.06 bits per heavy atom. The second kappa shape index (κ2) is 7.35. The highest BCUT2D eigenvalue weighted by Gasteiger charge is 2.17. The maximum Gasteiger partial charge on any atom is 0.239 e. The third kappa shape index (κ3) is 4.79. The molecule has 4 heteroatoms. The molecular weight excluding hydrogens is 232 g/mol. The molecule has 1 unspecified atom stereocenters. The molecule has 0 aliphatic heterocycles. The topological polar surface area (TPSA) is 46.3 Å². The van der Waals surface area contributed by atoms with E-state index in [9.17, 15) is 4.79 Å². The van der Waals surface area contributed by atoms with Crippen molar-refractivity contribution in [2.24, 2.45) is 5.73 Å². The number of carbonyl (C=O) groups excluding carboxylic acids is 1. The van der Waals surface area contributed by atoms with Crippen LogP contribution < -0.4 is 5.73 Å². The minimum Gasteiger partial charge on any atom is -0.340 e. The number of hydrogen-bond acceptors (Lipinski definition) is 3. The zero-order valence-electron chi connectivity index (χ0n) is 10.4. The van der Waals surface area contributed by atoms with Crippen LogP contribution >= 0.6 is 11.8 Å². The summed E-state index contributed by atoms with van der Waals surface area (Å²) in [6.45, 7) is 0.618. The number of nitrogens with zero attached hydrogens (tertiary/aromatic N) is 1. The van der Waals surface area contributed by atoms with Crippen LogP contribution in [0.2, 0.25) is 0 Å². The zero-order valence-corrected chi connectivity index (χ0v) is 11.2. The van der Waals surface area contributed by atoms with E-state index in [0.717, 1.165) is 17.7 Å². The standard InChI is InChI=1S/C13H20N2OS/c1-15(10-11-6-4-3-5-7-11)13(16)12(14)8-9-17-2/h3-7,12H,8-10,14H2,1-2H3. The van der Waals surface area contributed by atoms with Gasteiger partial charge in [-0.2, -0.15) is 11.8 Å². The minimum atomic E-state index is -0.379. The molecule has 0 aliphatic carbocycles. The summed E-state index contributed by atoms with van der Waals surface area (Å²) in [5.74, 6) is 0.939. The Hall–Kier alpha value is -1.00. The van der Waals surface area contributed by atoms with E-state index in [4.69, 9.17) is 5.73 Å². The van der Waals surface area contributed by atoms with Gasteiger partial charge in [-0.15, -0.1) is 0 Å². The van der Waals surface area contributed by atoms with Crippen LogP contribution in [0.5, 0.6) is 0 Å². The molecule has 3 nitrogen and oxygen atoms in total. The van der Waals surface area contributed by atoms with Crippen LogP contribution in [-0.2, 0) is 11.3 Å². The van der Waals surface area contributed by atoms with Gasteiger partial charge in [-0.25, -0.2) is 0 Å². The van der Waals surface area contributed by atoms with Crippen molar-refractivity contribution in [3.63, 3.8) is 0 Å². The van der Waals surface area contributed by atoms with Crippen LogP contribution in [0, 0.1) is 0 Å². The van der Waals surface area contributed by atoms with Crippen molar-refractivity contribution in [3.05, 3.63) is 35.9 Å². The van der Waals surface area contributed by atoms with E-state index in [2.05, 4.69) is 0 Å². The van der Waals surface area contributed by atoms with E-state index in [-0.39, 0.29) is 11.9 Å². The normalized spacial score (nSPS) is 12.2. The van der Waals surface area contributed by atoms with Gasteiger partial charge in [0, 0.05) is 13.6 Å². The van der Waals surface area contributed by atoms with E-state index in [1.807, 2.05) is 36.6 Å². The van der Waals surface area contributed by atoms with Gasteiger partial charge in [-0.1, -0.05) is 30.3 Å². The fraction of sp³-hybridized carbons (Fsp3) is 0.462. The second-order valence-electron chi connectivity index (χ2n) is 4.07. The molecule has 0 aromatic heterocycles. The lowest BCUT2D eigenvalue weighted by molar-refractivity contribution is -0.131. The molecule has 1 atom stereocenters. The molecule has 0 saturated heterocycles. The fourth-order valence-corrected chi connectivity index (χ4v) is 2.08. The molecule has 0 heterocycles. The number of amides is 1. The maximum absolute atomic E-state index is 11.9. The monoisotopic (exact) mass is 252 g/mol. The van der Waals surface area contributed by atoms with Crippen LogP contribution in [-0.4, -0.2) is 35.9 Å². The molecule has 2 N–H and O–H groups in total. The van der Waals surface area contributed by atoms with Gasteiger partial charge in [0.2, 0.25) is 5.91 Å². The van der Waals surface area contributed by atoms with Gasteiger partial charge in [0.1, 0.15) is 0 Å². The molecule has 0 saturated carbocycles. The average Bonchev–Trinajstić information content (AvgIpc) is 2.36. The SMILES string of the molecule is CSCCC(N)C(=O)N(C)Cc1ccccc1. The number of carbonyl (C=O) groups is 1. The molecule has 94 valence electrons. The van der Waals surface area contributed by atoms with Gasteiger partial charge in [0.05, 0.1) is 6.04 Å². The lowest BCUT2D eigenvalue weighted by Gasteiger charge is -2.21. The van der Waals surface area contributed by atoms with Crippen LogP contribution in [0.15, 0.2) is 30.3 Å². The van der Waals surface area contributed by atoms with Crippen LogP contribution in [0.3, 0.4) is 0 Å². The molecule has 1 aromatic rings. The first-order valence-electron chi connectivity index (χ1n) is 5.68. The molecule has 0 aliphatic rings.